The second kappa shape index (κ2) is 4.21. The topological polar surface area (TPSA) is 46.6 Å². The summed E-state index contributed by atoms with van der Waals surface area (Å²) in [7, 11) is 0. The summed E-state index contributed by atoms with van der Waals surface area (Å²) in [6.45, 7) is -0.0358. The highest BCUT2D eigenvalue weighted by Crippen LogP contribution is 2.27. The van der Waals surface area contributed by atoms with E-state index in [1.54, 1.807) is 0 Å². The number of anilines is 1. The smallest absolute Gasteiger partial charge is 0.333 e. The highest BCUT2D eigenvalue weighted by molar-refractivity contribution is 9.10. The molecule has 0 atom stereocenters. The minimum Gasteiger partial charge on any atom is -0.390 e. The molecule has 0 aromatic heterocycles. The Morgan fingerprint density at radius 3 is 2.44 bits per heavy atom. The highest BCUT2D eigenvalue weighted by atomic mass is 79.9. The van der Waals surface area contributed by atoms with E-state index in [2.05, 4.69) is 20.7 Å². The van der Waals surface area contributed by atoms with Gasteiger partial charge in [-0.2, -0.15) is 0 Å². The van der Waals surface area contributed by atoms with Crippen LogP contribution < -0.4 is 4.90 Å². The minimum atomic E-state index is -0.604. The van der Waals surface area contributed by atoms with Crippen LogP contribution in [-0.4, -0.2) is 25.0 Å². The molecule has 1 saturated heterocycles. The van der Waals surface area contributed by atoms with Crippen LogP contribution >= 0.6 is 15.9 Å². The monoisotopic (exact) mass is 287 g/mol. The summed E-state index contributed by atoms with van der Waals surface area (Å²) in [6, 6.07) is 4.05. The van der Waals surface area contributed by atoms with Crippen molar-refractivity contribution in [3.63, 3.8) is 0 Å². The molecule has 0 radical (unpaired) electrons. The molecule has 0 aliphatic carbocycles. The molecule has 2 rings (SSSR count). The number of nitrogens with zero attached hydrogens (tertiary/aromatic N) is 1. The van der Waals surface area contributed by atoms with Crippen LogP contribution in [0.25, 0.3) is 0 Å². The molecule has 0 bridgehead atoms. The standard InChI is InChI=1S/C10H7BrFNO3/c11-7-3-6(12)1-2-8(7)13-4-9(14)16-10(15)5-13/h1-3H,4-5H2. The van der Waals surface area contributed by atoms with Gasteiger partial charge in [0.15, 0.2) is 0 Å². The zero-order valence-electron chi connectivity index (χ0n) is 8.07. The number of carbonyl (C=O) groups is 2. The van der Waals surface area contributed by atoms with Gasteiger partial charge in [0, 0.05) is 4.47 Å². The molecule has 1 aromatic carbocycles. The van der Waals surface area contributed by atoms with E-state index in [1.165, 1.54) is 23.1 Å². The fourth-order valence-corrected chi connectivity index (χ4v) is 2.07. The van der Waals surface area contributed by atoms with Crippen molar-refractivity contribution < 1.29 is 18.7 Å². The van der Waals surface area contributed by atoms with Crippen LogP contribution in [0.5, 0.6) is 0 Å². The van der Waals surface area contributed by atoms with Crippen LogP contribution in [0.3, 0.4) is 0 Å². The van der Waals surface area contributed by atoms with E-state index in [-0.39, 0.29) is 18.9 Å². The maximum atomic E-state index is 12.9. The van der Waals surface area contributed by atoms with Gasteiger partial charge < -0.3 is 9.64 Å². The number of cyclic esters (lactones) is 2. The SMILES string of the molecule is O=C1CN(c2ccc(F)cc2Br)CC(=O)O1. The molecule has 6 heteroatoms. The van der Waals surface area contributed by atoms with Gasteiger partial charge in [-0.05, 0) is 34.1 Å². The molecule has 1 aromatic rings. The Bertz CT molecular complexity index is 447. The molecule has 0 unspecified atom stereocenters. The molecule has 0 amide bonds. The van der Waals surface area contributed by atoms with E-state index < -0.39 is 11.9 Å². The molecule has 1 fully saturated rings. The molecular weight excluding hydrogens is 281 g/mol. The number of morpholine rings is 1. The summed E-state index contributed by atoms with van der Waals surface area (Å²) < 4.78 is 17.7. The van der Waals surface area contributed by atoms with Crippen molar-refractivity contribution in [1.29, 1.82) is 0 Å². The zero-order chi connectivity index (χ0) is 11.7. The van der Waals surface area contributed by atoms with Gasteiger partial charge >= 0.3 is 11.9 Å². The van der Waals surface area contributed by atoms with Crippen LogP contribution in [0.4, 0.5) is 10.1 Å². The number of carbonyl (C=O) groups excluding carboxylic acids is 2. The minimum absolute atomic E-state index is 0.0179. The number of benzene rings is 1. The van der Waals surface area contributed by atoms with Gasteiger partial charge in [-0.3, -0.25) is 0 Å². The van der Waals surface area contributed by atoms with Crippen molar-refractivity contribution >= 4 is 33.6 Å². The van der Waals surface area contributed by atoms with Crippen LogP contribution in [-0.2, 0) is 14.3 Å². The summed E-state index contributed by atoms with van der Waals surface area (Å²) in [4.78, 5) is 23.6. The predicted molar refractivity (Wildman–Crippen MR) is 57.4 cm³/mol. The van der Waals surface area contributed by atoms with Gasteiger partial charge in [-0.25, -0.2) is 14.0 Å². The average molecular weight is 288 g/mol. The molecule has 1 heterocycles. The Hall–Kier alpha value is -1.43. The molecule has 16 heavy (non-hydrogen) atoms. The summed E-state index contributed by atoms with van der Waals surface area (Å²) in [5.41, 5.74) is 0.589. The molecule has 0 N–H and O–H groups in total. The molecule has 84 valence electrons. The van der Waals surface area contributed by atoms with Crippen molar-refractivity contribution in [1.82, 2.24) is 0 Å². The highest BCUT2D eigenvalue weighted by Gasteiger charge is 2.26. The van der Waals surface area contributed by atoms with Crippen molar-refractivity contribution in [3.05, 3.63) is 28.5 Å². The van der Waals surface area contributed by atoms with E-state index in [0.29, 0.717) is 10.2 Å². The average Bonchev–Trinajstić information content (AvgIpc) is 2.15. The summed E-state index contributed by atoms with van der Waals surface area (Å²) in [6.07, 6.45) is 0. The Morgan fingerprint density at radius 1 is 1.25 bits per heavy atom. The van der Waals surface area contributed by atoms with E-state index in [4.69, 9.17) is 0 Å². The van der Waals surface area contributed by atoms with Crippen molar-refractivity contribution in [2.45, 2.75) is 0 Å². The predicted octanol–water partition coefficient (Wildman–Crippen LogP) is 1.48. The first kappa shape index (κ1) is 11.1. The first-order valence-electron chi connectivity index (χ1n) is 4.50. The van der Waals surface area contributed by atoms with Gasteiger partial charge in [0.05, 0.1) is 5.69 Å². The lowest BCUT2D eigenvalue weighted by Gasteiger charge is -2.27. The Kier molecular flexibility index (Phi) is 2.91. The molecule has 0 saturated carbocycles. The normalized spacial score (nSPS) is 16.2. The number of ether oxygens (including phenoxy) is 1. The van der Waals surface area contributed by atoms with Crippen molar-refractivity contribution in [2.24, 2.45) is 0 Å². The van der Waals surface area contributed by atoms with E-state index in [0.717, 1.165) is 0 Å². The first-order chi connectivity index (χ1) is 7.56. The third kappa shape index (κ3) is 2.21. The van der Waals surface area contributed by atoms with Crippen LogP contribution in [0.2, 0.25) is 0 Å². The summed E-state index contributed by atoms with van der Waals surface area (Å²) >= 11 is 3.18. The number of hydrogen-bond donors (Lipinski definition) is 0. The third-order valence-corrected chi connectivity index (χ3v) is 2.75. The van der Waals surface area contributed by atoms with Crippen LogP contribution in [0.1, 0.15) is 0 Å². The molecular formula is C10H7BrFNO3. The maximum absolute atomic E-state index is 12.9. The fourth-order valence-electron chi connectivity index (χ4n) is 1.47. The van der Waals surface area contributed by atoms with E-state index >= 15 is 0 Å². The number of esters is 2. The van der Waals surface area contributed by atoms with Crippen LogP contribution in [0, 0.1) is 5.82 Å². The number of hydrogen-bond acceptors (Lipinski definition) is 4. The van der Waals surface area contributed by atoms with Gasteiger partial charge in [0.1, 0.15) is 18.9 Å². The molecule has 4 nitrogen and oxygen atoms in total. The van der Waals surface area contributed by atoms with Gasteiger partial charge in [0.2, 0.25) is 0 Å². The van der Waals surface area contributed by atoms with Crippen molar-refractivity contribution in [3.8, 4) is 0 Å². The number of halogens is 2. The lowest BCUT2D eigenvalue weighted by molar-refractivity contribution is -0.160. The molecule has 1 aliphatic heterocycles. The number of rotatable bonds is 1. The molecule has 1 aliphatic rings. The Balaban J connectivity index is 2.29. The Morgan fingerprint density at radius 2 is 1.88 bits per heavy atom. The van der Waals surface area contributed by atoms with Gasteiger partial charge in [-0.15, -0.1) is 0 Å². The Labute approximate surface area is 99.1 Å². The van der Waals surface area contributed by atoms with Crippen LogP contribution in [0.15, 0.2) is 22.7 Å². The van der Waals surface area contributed by atoms with E-state index in [1.807, 2.05) is 0 Å². The lowest BCUT2D eigenvalue weighted by Crippen LogP contribution is -2.43. The zero-order valence-corrected chi connectivity index (χ0v) is 9.66. The lowest BCUT2D eigenvalue weighted by atomic mass is 10.2. The van der Waals surface area contributed by atoms with E-state index in [9.17, 15) is 14.0 Å². The maximum Gasteiger partial charge on any atom is 0.333 e. The largest absolute Gasteiger partial charge is 0.390 e. The van der Waals surface area contributed by atoms with Crippen molar-refractivity contribution in [2.75, 3.05) is 18.0 Å². The quantitative estimate of drug-likeness (QED) is 0.580. The van der Waals surface area contributed by atoms with Gasteiger partial charge in [0.25, 0.3) is 0 Å². The fraction of sp³-hybridized carbons (Fsp3) is 0.200. The summed E-state index contributed by atoms with van der Waals surface area (Å²) in [5.74, 6) is -1.60. The summed E-state index contributed by atoms with van der Waals surface area (Å²) in [5, 5.41) is 0. The second-order valence-electron chi connectivity index (χ2n) is 3.30. The second-order valence-corrected chi connectivity index (χ2v) is 4.15. The van der Waals surface area contributed by atoms with Gasteiger partial charge in [-0.1, -0.05) is 0 Å². The third-order valence-electron chi connectivity index (χ3n) is 2.12. The molecule has 0 spiro atoms. The first-order valence-corrected chi connectivity index (χ1v) is 5.29.